The maximum absolute atomic E-state index is 13.6. The lowest BCUT2D eigenvalue weighted by Gasteiger charge is -2.34. The largest absolute Gasteiger partial charge is 0.481 e. The zero-order valence-corrected chi connectivity index (χ0v) is 19.5. The smallest absolute Gasteiger partial charge is 0.332 e. The van der Waals surface area contributed by atoms with Gasteiger partial charge in [0.25, 0.3) is 5.91 Å². The Kier molecular flexibility index (Phi) is 8.74. The summed E-state index contributed by atoms with van der Waals surface area (Å²) in [6, 6.07) is 9.48. The van der Waals surface area contributed by atoms with Gasteiger partial charge in [-0.2, -0.15) is 0 Å². The number of nitrogens with two attached hydrogens (primary N) is 1. The molecule has 0 bridgehead atoms. The minimum atomic E-state index is -1.05. The number of hydrazine groups is 1. The predicted molar refractivity (Wildman–Crippen MR) is 128 cm³/mol. The minimum absolute atomic E-state index is 0.277. The topological polar surface area (TPSA) is 158 Å². The van der Waals surface area contributed by atoms with Crippen molar-refractivity contribution in [1.82, 2.24) is 20.6 Å². The number of nitrogens with one attached hydrogen (secondary N) is 2. The fourth-order valence-corrected chi connectivity index (χ4v) is 4.27. The van der Waals surface area contributed by atoms with E-state index in [0.717, 1.165) is 5.56 Å². The number of hydrogen-bond donors (Lipinski definition) is 4. The van der Waals surface area contributed by atoms with Gasteiger partial charge in [-0.1, -0.05) is 30.3 Å². The van der Waals surface area contributed by atoms with E-state index in [1.807, 2.05) is 30.3 Å². The van der Waals surface area contributed by atoms with Crippen LogP contribution in [-0.4, -0.2) is 63.5 Å². The van der Waals surface area contributed by atoms with Crippen LogP contribution in [0, 0.1) is 0 Å². The summed E-state index contributed by atoms with van der Waals surface area (Å²) in [6.07, 6.45) is 4.09. The lowest BCUT2D eigenvalue weighted by molar-refractivity contribution is -0.138. The van der Waals surface area contributed by atoms with E-state index < -0.39 is 41.9 Å². The van der Waals surface area contributed by atoms with Crippen molar-refractivity contribution >= 4 is 29.5 Å². The number of urea groups is 1. The van der Waals surface area contributed by atoms with Crippen LogP contribution in [0.4, 0.5) is 10.5 Å². The van der Waals surface area contributed by atoms with E-state index in [1.165, 1.54) is 16.0 Å². The highest BCUT2D eigenvalue weighted by molar-refractivity contribution is 6.04. The maximum Gasteiger partial charge on any atom is 0.332 e. The molecule has 1 aliphatic rings. The van der Waals surface area contributed by atoms with Crippen molar-refractivity contribution in [2.24, 2.45) is 5.84 Å². The third-order valence-corrected chi connectivity index (χ3v) is 5.94. The molecule has 3 atom stereocenters. The van der Waals surface area contributed by atoms with E-state index in [-0.39, 0.29) is 6.42 Å². The highest BCUT2D eigenvalue weighted by atomic mass is 16.4. The summed E-state index contributed by atoms with van der Waals surface area (Å²) in [5.74, 6) is 3.27. The van der Waals surface area contributed by atoms with Gasteiger partial charge in [-0.25, -0.2) is 10.6 Å². The van der Waals surface area contributed by atoms with E-state index in [2.05, 4.69) is 15.7 Å². The second-order valence-corrected chi connectivity index (χ2v) is 8.39. The second-order valence-electron chi connectivity index (χ2n) is 8.39. The van der Waals surface area contributed by atoms with E-state index in [1.54, 1.807) is 25.3 Å². The Morgan fingerprint density at radius 2 is 1.94 bits per heavy atom. The molecule has 11 heteroatoms. The molecule has 1 aliphatic heterocycles. The van der Waals surface area contributed by atoms with Crippen LogP contribution < -0.4 is 21.5 Å². The molecule has 0 radical (unpaired) electrons. The quantitative estimate of drug-likeness (QED) is 0.236. The normalized spacial score (nSPS) is 16.7. The summed E-state index contributed by atoms with van der Waals surface area (Å²) in [5.41, 5.74) is 3.32. The third-order valence-electron chi connectivity index (χ3n) is 5.94. The summed E-state index contributed by atoms with van der Waals surface area (Å²) in [5, 5.41) is 12.1. The van der Waals surface area contributed by atoms with Crippen LogP contribution in [0.15, 0.2) is 54.9 Å². The van der Waals surface area contributed by atoms with Crippen molar-refractivity contribution < 1.29 is 24.3 Å². The van der Waals surface area contributed by atoms with Crippen molar-refractivity contribution in [3.8, 4) is 0 Å². The van der Waals surface area contributed by atoms with Crippen LogP contribution in [0.1, 0.15) is 31.7 Å². The van der Waals surface area contributed by atoms with Crippen molar-refractivity contribution in [2.75, 3.05) is 11.4 Å². The molecule has 1 aromatic carbocycles. The lowest BCUT2D eigenvalue weighted by atomic mass is 10.0. The van der Waals surface area contributed by atoms with E-state index in [0.29, 0.717) is 31.5 Å². The molecule has 1 fully saturated rings. The number of hydrogen-bond acceptors (Lipinski definition) is 6. The number of anilines is 1. The van der Waals surface area contributed by atoms with Crippen LogP contribution in [0.5, 0.6) is 0 Å². The average Bonchev–Trinajstić information content (AvgIpc) is 3.34. The van der Waals surface area contributed by atoms with Crippen molar-refractivity contribution in [1.29, 1.82) is 0 Å². The molecule has 1 aromatic heterocycles. The Bertz CT molecular complexity index is 1040. The van der Waals surface area contributed by atoms with Crippen LogP contribution in [0.3, 0.4) is 0 Å². The summed E-state index contributed by atoms with van der Waals surface area (Å²) in [7, 11) is 0. The number of aliphatic carboxylic acids is 1. The number of rotatable bonds is 9. The lowest BCUT2D eigenvalue weighted by Crippen LogP contribution is -2.57. The zero-order chi connectivity index (χ0) is 25.4. The molecule has 0 aliphatic carbocycles. The Labute approximate surface area is 203 Å². The number of carbonyl (C=O) groups is 4. The number of aromatic nitrogens is 1. The molecule has 0 spiro atoms. The van der Waals surface area contributed by atoms with Gasteiger partial charge in [-0.05, 0) is 43.9 Å². The van der Waals surface area contributed by atoms with Crippen LogP contribution in [0.25, 0.3) is 0 Å². The molecule has 0 saturated carbocycles. The first-order chi connectivity index (χ1) is 16.8. The Hall–Kier alpha value is -3.99. The highest BCUT2D eigenvalue weighted by Crippen LogP contribution is 2.24. The molecule has 11 nitrogen and oxygen atoms in total. The van der Waals surface area contributed by atoms with Crippen molar-refractivity contribution in [3.63, 3.8) is 0 Å². The van der Waals surface area contributed by atoms with Gasteiger partial charge in [0.1, 0.15) is 12.1 Å². The number of carboxylic acids is 1. The van der Waals surface area contributed by atoms with Gasteiger partial charge < -0.3 is 15.3 Å². The number of carboxylic acid groups (broad SMARTS) is 1. The van der Waals surface area contributed by atoms with Gasteiger partial charge in [0, 0.05) is 18.8 Å². The van der Waals surface area contributed by atoms with Crippen LogP contribution >= 0.6 is 0 Å². The van der Waals surface area contributed by atoms with Gasteiger partial charge >= 0.3 is 12.0 Å². The first kappa shape index (κ1) is 25.6. The molecular weight excluding hydrogens is 452 g/mol. The van der Waals surface area contributed by atoms with Gasteiger partial charge in [0.15, 0.2) is 0 Å². The SMILES string of the molecule is C[C@@H](C(=O)N[C@H](CC(=O)O)Cc1ccccc1)N(C(=O)[C@@H]1CCCN1C(=O)NN)c1cccnc1. The number of likely N-dealkylation sites (tertiary alicyclic amines) is 1. The van der Waals surface area contributed by atoms with Crippen LogP contribution in [0.2, 0.25) is 0 Å². The molecule has 186 valence electrons. The predicted octanol–water partition coefficient (Wildman–Crippen LogP) is 1.05. The minimum Gasteiger partial charge on any atom is -0.481 e. The Morgan fingerprint density at radius 3 is 2.57 bits per heavy atom. The molecule has 3 rings (SSSR count). The van der Waals surface area contributed by atoms with E-state index >= 15 is 0 Å². The number of nitrogens with zero attached hydrogens (tertiary/aromatic N) is 3. The first-order valence-corrected chi connectivity index (χ1v) is 11.4. The summed E-state index contributed by atoms with van der Waals surface area (Å²) in [4.78, 5) is 57.3. The molecule has 2 aromatic rings. The Morgan fingerprint density at radius 1 is 1.20 bits per heavy atom. The third kappa shape index (κ3) is 6.54. The molecule has 2 heterocycles. The number of pyridine rings is 1. The van der Waals surface area contributed by atoms with E-state index in [4.69, 9.17) is 5.84 Å². The Balaban J connectivity index is 1.84. The highest BCUT2D eigenvalue weighted by Gasteiger charge is 2.40. The maximum atomic E-state index is 13.6. The second kappa shape index (κ2) is 11.9. The zero-order valence-electron chi connectivity index (χ0n) is 19.5. The van der Waals surface area contributed by atoms with Crippen molar-refractivity contribution in [3.05, 3.63) is 60.4 Å². The van der Waals surface area contributed by atoms with Gasteiger partial charge in [0.05, 0.1) is 18.3 Å². The summed E-state index contributed by atoms with van der Waals surface area (Å²) < 4.78 is 0. The molecular formula is C24H30N6O5. The van der Waals surface area contributed by atoms with Crippen LogP contribution in [-0.2, 0) is 20.8 Å². The average molecular weight is 483 g/mol. The summed E-state index contributed by atoms with van der Waals surface area (Å²) in [6.45, 7) is 1.92. The molecule has 5 N–H and O–H groups in total. The molecule has 35 heavy (non-hydrogen) atoms. The fourth-order valence-electron chi connectivity index (χ4n) is 4.27. The number of benzene rings is 1. The molecule has 1 saturated heterocycles. The van der Waals surface area contributed by atoms with Gasteiger partial charge in [-0.3, -0.25) is 29.7 Å². The van der Waals surface area contributed by atoms with Gasteiger partial charge in [-0.15, -0.1) is 0 Å². The number of amides is 4. The fraction of sp³-hybridized carbons (Fsp3) is 0.375. The first-order valence-electron chi connectivity index (χ1n) is 11.4. The van der Waals surface area contributed by atoms with E-state index in [9.17, 15) is 24.3 Å². The van der Waals surface area contributed by atoms with Gasteiger partial charge in [0.2, 0.25) is 5.91 Å². The monoisotopic (exact) mass is 482 g/mol. The summed E-state index contributed by atoms with van der Waals surface area (Å²) >= 11 is 0. The standard InChI is InChI=1S/C24H30N6O5/c1-16(22(33)27-18(14-21(31)32)13-17-7-3-2-4-8-17)30(19-9-5-11-26-15-19)23(34)20-10-6-12-29(20)24(35)28-25/h2-5,7-9,11,15-16,18,20H,6,10,12-14,25H2,1H3,(H,27,33)(H,28,35)(H,31,32)/t16-,18-,20-/m0/s1. The molecule has 0 unspecified atom stereocenters. The van der Waals surface area contributed by atoms with Crippen molar-refractivity contribution in [2.45, 2.75) is 50.7 Å². The number of carbonyl (C=O) groups excluding carboxylic acids is 3. The molecule has 4 amide bonds.